The van der Waals surface area contributed by atoms with Crippen molar-refractivity contribution in [1.82, 2.24) is 20.4 Å². The molecule has 0 unspecified atom stereocenters. The van der Waals surface area contributed by atoms with Gasteiger partial charge in [-0.15, -0.1) is 0 Å². The van der Waals surface area contributed by atoms with Gasteiger partial charge in [0.1, 0.15) is 23.9 Å². The van der Waals surface area contributed by atoms with Gasteiger partial charge in [0.15, 0.2) is 5.58 Å². The van der Waals surface area contributed by atoms with Gasteiger partial charge in [-0.2, -0.15) is 4.98 Å². The first-order valence-corrected chi connectivity index (χ1v) is 9.60. The Bertz CT molecular complexity index is 984. The summed E-state index contributed by atoms with van der Waals surface area (Å²) < 4.78 is 16.3. The number of rotatable bonds is 7. The van der Waals surface area contributed by atoms with Gasteiger partial charge in [0.05, 0.1) is 26.2 Å². The first-order chi connectivity index (χ1) is 14.2. The molecular formula is C20H23N5O4. The number of para-hydroxylation sites is 1. The van der Waals surface area contributed by atoms with Gasteiger partial charge >= 0.3 is 0 Å². The van der Waals surface area contributed by atoms with E-state index in [4.69, 9.17) is 14.0 Å². The minimum atomic E-state index is -0.138. The number of hydrogen-bond acceptors (Lipinski definition) is 8. The van der Waals surface area contributed by atoms with Crippen molar-refractivity contribution in [2.45, 2.75) is 13.3 Å². The number of nitrogens with zero attached hydrogens (tertiary/aromatic N) is 4. The third kappa shape index (κ3) is 4.80. The van der Waals surface area contributed by atoms with Gasteiger partial charge in [0.2, 0.25) is 11.8 Å². The van der Waals surface area contributed by atoms with Gasteiger partial charge < -0.3 is 24.2 Å². The molecular weight excluding hydrogens is 374 g/mol. The van der Waals surface area contributed by atoms with Gasteiger partial charge in [-0.1, -0.05) is 17.3 Å². The average Bonchev–Trinajstić information content (AvgIpc) is 3.14. The first-order valence-electron chi connectivity index (χ1n) is 9.60. The molecule has 9 heteroatoms. The van der Waals surface area contributed by atoms with Crippen molar-refractivity contribution in [3.63, 3.8) is 0 Å². The molecule has 2 aromatic heterocycles. The maximum atomic E-state index is 12.2. The maximum Gasteiger partial charge on any atom is 0.226 e. The molecule has 0 bridgehead atoms. The molecule has 3 heterocycles. The van der Waals surface area contributed by atoms with E-state index in [2.05, 4.69) is 25.3 Å². The lowest BCUT2D eigenvalue weighted by Gasteiger charge is -2.28. The Balaban J connectivity index is 1.27. The van der Waals surface area contributed by atoms with E-state index in [-0.39, 0.29) is 12.3 Å². The molecule has 1 aliphatic heterocycles. The second-order valence-corrected chi connectivity index (χ2v) is 6.71. The molecule has 9 nitrogen and oxygen atoms in total. The third-order valence-corrected chi connectivity index (χ3v) is 4.59. The fourth-order valence-corrected chi connectivity index (χ4v) is 3.18. The Hall–Kier alpha value is -3.20. The Kier molecular flexibility index (Phi) is 5.85. The van der Waals surface area contributed by atoms with Crippen LogP contribution in [0.3, 0.4) is 0 Å². The highest BCUT2D eigenvalue weighted by atomic mass is 16.5. The minimum absolute atomic E-state index is 0.138. The fourth-order valence-electron chi connectivity index (χ4n) is 3.18. The van der Waals surface area contributed by atoms with E-state index in [1.807, 2.05) is 37.3 Å². The fraction of sp³-hybridized carbons (Fsp3) is 0.400. The molecule has 29 heavy (non-hydrogen) atoms. The van der Waals surface area contributed by atoms with E-state index in [1.165, 1.54) is 0 Å². The Morgan fingerprint density at radius 1 is 1.24 bits per heavy atom. The minimum Gasteiger partial charge on any atom is -0.476 e. The topological polar surface area (TPSA) is 103 Å². The highest BCUT2D eigenvalue weighted by Gasteiger charge is 2.15. The van der Waals surface area contributed by atoms with Gasteiger partial charge in [-0.05, 0) is 19.1 Å². The van der Waals surface area contributed by atoms with Gasteiger partial charge in [-0.3, -0.25) is 4.79 Å². The van der Waals surface area contributed by atoms with Crippen LogP contribution in [0.5, 0.6) is 5.88 Å². The highest BCUT2D eigenvalue weighted by Crippen LogP contribution is 2.19. The van der Waals surface area contributed by atoms with E-state index < -0.39 is 0 Å². The average molecular weight is 397 g/mol. The molecule has 152 valence electrons. The van der Waals surface area contributed by atoms with E-state index in [1.54, 1.807) is 0 Å². The van der Waals surface area contributed by atoms with Crippen molar-refractivity contribution < 1.29 is 18.8 Å². The predicted octanol–water partition coefficient (Wildman–Crippen LogP) is 1.50. The number of fused-ring (bicyclic) bond motifs is 1. The summed E-state index contributed by atoms with van der Waals surface area (Å²) in [6, 6.07) is 9.30. The molecule has 1 aromatic carbocycles. The van der Waals surface area contributed by atoms with Crippen LogP contribution in [-0.2, 0) is 16.0 Å². The second-order valence-electron chi connectivity index (χ2n) is 6.71. The molecule has 0 saturated carbocycles. The van der Waals surface area contributed by atoms with Crippen molar-refractivity contribution in [3.05, 3.63) is 41.9 Å². The van der Waals surface area contributed by atoms with Crippen molar-refractivity contribution in [3.8, 4) is 5.88 Å². The molecule has 4 rings (SSSR count). The molecule has 0 radical (unpaired) electrons. The SMILES string of the molecule is Cc1nc(OCCNC(=O)Cc2noc3ccccc23)cc(N2CCOCC2)n1. The first kappa shape index (κ1) is 19.1. The Labute approximate surface area is 168 Å². The molecule has 0 aliphatic carbocycles. The number of amides is 1. The third-order valence-electron chi connectivity index (χ3n) is 4.59. The lowest BCUT2D eigenvalue weighted by Crippen LogP contribution is -2.37. The van der Waals surface area contributed by atoms with Gasteiger partial charge in [0, 0.05) is 24.5 Å². The number of benzene rings is 1. The van der Waals surface area contributed by atoms with E-state index in [9.17, 15) is 4.79 Å². The number of ether oxygens (including phenoxy) is 2. The Morgan fingerprint density at radius 2 is 2.07 bits per heavy atom. The molecule has 1 saturated heterocycles. The maximum absolute atomic E-state index is 12.2. The summed E-state index contributed by atoms with van der Waals surface area (Å²) >= 11 is 0. The quantitative estimate of drug-likeness (QED) is 0.599. The molecule has 1 fully saturated rings. The van der Waals surface area contributed by atoms with Crippen molar-refractivity contribution in [2.24, 2.45) is 0 Å². The van der Waals surface area contributed by atoms with Crippen LogP contribution in [0, 0.1) is 6.92 Å². The predicted molar refractivity (Wildman–Crippen MR) is 106 cm³/mol. The Morgan fingerprint density at radius 3 is 2.93 bits per heavy atom. The molecule has 0 spiro atoms. The smallest absolute Gasteiger partial charge is 0.226 e. The second kappa shape index (κ2) is 8.87. The number of anilines is 1. The van der Waals surface area contributed by atoms with E-state index in [0.717, 1.165) is 24.3 Å². The zero-order chi connectivity index (χ0) is 20.1. The van der Waals surface area contributed by atoms with E-state index in [0.29, 0.717) is 49.3 Å². The van der Waals surface area contributed by atoms with Crippen LogP contribution >= 0.6 is 0 Å². The van der Waals surface area contributed by atoms with Crippen LogP contribution in [0.4, 0.5) is 5.82 Å². The van der Waals surface area contributed by atoms with Gasteiger partial charge in [-0.25, -0.2) is 4.98 Å². The normalized spacial score (nSPS) is 14.2. The standard InChI is InChI=1S/C20H23N5O4/c1-14-22-18(25-7-10-27-11-8-25)13-20(23-14)28-9-6-21-19(26)12-16-15-4-2-3-5-17(15)29-24-16/h2-5,13H,6-12H2,1H3,(H,21,26). The van der Waals surface area contributed by atoms with Crippen LogP contribution in [0.2, 0.25) is 0 Å². The van der Waals surface area contributed by atoms with Crippen molar-refractivity contribution >= 4 is 22.7 Å². The molecule has 1 amide bonds. The molecule has 0 atom stereocenters. The lowest BCUT2D eigenvalue weighted by atomic mass is 10.2. The summed E-state index contributed by atoms with van der Waals surface area (Å²) in [4.78, 5) is 23.1. The summed E-state index contributed by atoms with van der Waals surface area (Å²) in [6.07, 6.45) is 0.158. The molecule has 1 aliphatic rings. The summed E-state index contributed by atoms with van der Waals surface area (Å²) in [5.74, 6) is 1.83. The summed E-state index contributed by atoms with van der Waals surface area (Å²) in [7, 11) is 0. The van der Waals surface area contributed by atoms with E-state index >= 15 is 0 Å². The van der Waals surface area contributed by atoms with Crippen LogP contribution in [-0.4, -0.2) is 60.5 Å². The monoisotopic (exact) mass is 397 g/mol. The van der Waals surface area contributed by atoms with Gasteiger partial charge in [0.25, 0.3) is 0 Å². The van der Waals surface area contributed by atoms with Crippen LogP contribution in [0.25, 0.3) is 11.0 Å². The van der Waals surface area contributed by atoms with Crippen molar-refractivity contribution in [1.29, 1.82) is 0 Å². The van der Waals surface area contributed by atoms with Crippen LogP contribution in [0.15, 0.2) is 34.9 Å². The highest BCUT2D eigenvalue weighted by molar-refractivity contribution is 5.86. The summed E-state index contributed by atoms with van der Waals surface area (Å²) in [6.45, 7) is 5.47. The number of carbonyl (C=O) groups excluding carboxylic acids is 1. The number of nitrogens with one attached hydrogen (secondary N) is 1. The van der Waals surface area contributed by atoms with Crippen molar-refractivity contribution in [2.75, 3.05) is 44.4 Å². The number of carbonyl (C=O) groups is 1. The number of morpholine rings is 1. The molecule has 3 aromatic rings. The number of aromatic nitrogens is 3. The lowest BCUT2D eigenvalue weighted by molar-refractivity contribution is -0.120. The summed E-state index contributed by atoms with van der Waals surface area (Å²) in [5, 5.41) is 7.66. The van der Waals surface area contributed by atoms with Crippen LogP contribution < -0.4 is 15.0 Å². The number of aryl methyl sites for hydroxylation is 1. The number of hydrogen-bond donors (Lipinski definition) is 1. The zero-order valence-corrected chi connectivity index (χ0v) is 16.3. The van der Waals surface area contributed by atoms with Crippen LogP contribution in [0.1, 0.15) is 11.5 Å². The zero-order valence-electron chi connectivity index (χ0n) is 16.3. The summed E-state index contributed by atoms with van der Waals surface area (Å²) in [5.41, 5.74) is 1.30. The molecule has 1 N–H and O–H groups in total. The largest absolute Gasteiger partial charge is 0.476 e.